The van der Waals surface area contributed by atoms with Crippen molar-refractivity contribution in [3.8, 4) is 0 Å². The predicted octanol–water partition coefficient (Wildman–Crippen LogP) is 7.37. The van der Waals surface area contributed by atoms with Crippen molar-refractivity contribution < 1.29 is 0 Å². The maximum atomic E-state index is 2.51. The number of benzene rings is 3. The van der Waals surface area contributed by atoms with E-state index in [0.717, 1.165) is 6.67 Å². The van der Waals surface area contributed by atoms with Crippen LogP contribution in [0.3, 0.4) is 0 Å². The molecule has 0 saturated carbocycles. The third kappa shape index (κ3) is 3.50. The molecule has 3 aromatic carbocycles. The predicted molar refractivity (Wildman–Crippen MR) is 124 cm³/mol. The lowest BCUT2D eigenvalue weighted by molar-refractivity contribution is 0.501. The molecule has 0 unspecified atom stereocenters. The van der Waals surface area contributed by atoms with Crippen molar-refractivity contribution in [2.24, 2.45) is 0 Å². The van der Waals surface area contributed by atoms with Crippen LogP contribution < -0.4 is 9.80 Å². The summed E-state index contributed by atoms with van der Waals surface area (Å²) in [6.07, 6.45) is 0. The summed E-state index contributed by atoms with van der Waals surface area (Å²) in [6, 6.07) is 15.5. The fourth-order valence-corrected chi connectivity index (χ4v) is 3.95. The quantitative estimate of drug-likeness (QED) is 0.384. The molecule has 3 aromatic rings. The minimum atomic E-state index is 0.0970. The molecule has 0 saturated heterocycles. The highest BCUT2D eigenvalue weighted by molar-refractivity contribution is 6.18. The van der Waals surface area contributed by atoms with Gasteiger partial charge in [-0.15, -0.1) is 0 Å². The third-order valence-electron chi connectivity index (χ3n) is 5.11. The molecule has 0 bridgehead atoms. The summed E-state index contributed by atoms with van der Waals surface area (Å²) in [4.78, 5) is 4.92. The Bertz CT molecular complexity index is 919. The van der Waals surface area contributed by atoms with E-state index in [1.807, 2.05) is 27.7 Å². The van der Waals surface area contributed by atoms with Gasteiger partial charge in [-0.25, -0.2) is 0 Å². The molecule has 0 amide bonds. The van der Waals surface area contributed by atoms with E-state index in [-0.39, 0.29) is 5.54 Å². The Balaban J connectivity index is 0.000000614. The van der Waals surface area contributed by atoms with Crippen LogP contribution in [0.2, 0.25) is 0 Å². The number of aryl methyl sites for hydroxylation is 1. The van der Waals surface area contributed by atoms with Crippen molar-refractivity contribution in [2.45, 2.75) is 60.9 Å². The second kappa shape index (κ2) is 8.21. The molecule has 0 N–H and O–H groups in total. The van der Waals surface area contributed by atoms with Gasteiger partial charge in [0.2, 0.25) is 0 Å². The maximum Gasteiger partial charge on any atom is 0.0905 e. The van der Waals surface area contributed by atoms with E-state index in [0.29, 0.717) is 0 Å². The molecule has 1 heterocycles. The van der Waals surface area contributed by atoms with Crippen molar-refractivity contribution in [2.75, 3.05) is 23.5 Å². The standard InChI is InChI=1S/C21H24N2.2C2H6/c1-14-15-9-6-7-10-17(15)20-19-16(14)11-8-12-18(19)23(13-22(20)5)21(2,3)4;2*1-2/h6-12H,13H2,1-5H3;2*1-2H3. The molecule has 1 aliphatic heterocycles. The van der Waals surface area contributed by atoms with Crippen LogP contribution in [0, 0.1) is 6.92 Å². The van der Waals surface area contributed by atoms with E-state index >= 15 is 0 Å². The molecule has 0 radical (unpaired) electrons. The third-order valence-corrected chi connectivity index (χ3v) is 5.11. The summed E-state index contributed by atoms with van der Waals surface area (Å²) in [5, 5.41) is 5.49. The monoisotopic (exact) mass is 364 g/mol. The Morgan fingerprint density at radius 3 is 1.93 bits per heavy atom. The lowest BCUT2D eigenvalue weighted by Crippen LogP contribution is -2.49. The minimum absolute atomic E-state index is 0.0970. The van der Waals surface area contributed by atoms with Crippen LogP contribution in [0.5, 0.6) is 0 Å². The van der Waals surface area contributed by atoms with E-state index in [9.17, 15) is 0 Å². The molecule has 27 heavy (non-hydrogen) atoms. The van der Waals surface area contributed by atoms with Gasteiger partial charge in [-0.2, -0.15) is 0 Å². The molecular formula is C25H36N2. The molecule has 1 aliphatic rings. The Morgan fingerprint density at radius 2 is 1.33 bits per heavy atom. The van der Waals surface area contributed by atoms with Gasteiger partial charge in [-0.05, 0) is 50.1 Å². The molecule has 2 nitrogen and oxygen atoms in total. The van der Waals surface area contributed by atoms with E-state index in [4.69, 9.17) is 0 Å². The Labute approximate surface area is 165 Å². The highest BCUT2D eigenvalue weighted by atomic mass is 15.3. The zero-order valence-corrected chi connectivity index (χ0v) is 18.6. The first-order valence-corrected chi connectivity index (χ1v) is 10.3. The average Bonchev–Trinajstić information content (AvgIpc) is 2.68. The fraction of sp³-hybridized carbons (Fsp3) is 0.440. The first kappa shape index (κ1) is 21.1. The summed E-state index contributed by atoms with van der Waals surface area (Å²) in [5.41, 5.74) is 4.21. The SMILES string of the molecule is CC.CC.Cc1c2ccccc2c2c3c(cccc13)N(C(C)(C)C)CN2C. The van der Waals surface area contributed by atoms with Crippen LogP contribution in [-0.2, 0) is 0 Å². The van der Waals surface area contributed by atoms with Crippen molar-refractivity contribution in [1.29, 1.82) is 0 Å². The van der Waals surface area contributed by atoms with E-state index < -0.39 is 0 Å². The minimum Gasteiger partial charge on any atom is -0.356 e. The fourth-order valence-electron chi connectivity index (χ4n) is 3.95. The normalized spacial score (nSPS) is 13.1. The summed E-state index contributed by atoms with van der Waals surface area (Å²) < 4.78 is 0. The number of hydrogen-bond donors (Lipinski definition) is 0. The number of nitrogens with zero attached hydrogens (tertiary/aromatic N) is 2. The number of hydrogen-bond acceptors (Lipinski definition) is 2. The Kier molecular flexibility index (Phi) is 6.41. The summed E-state index contributed by atoms with van der Waals surface area (Å²) in [5.74, 6) is 0. The Hall–Kier alpha value is -2.22. The van der Waals surface area contributed by atoms with Gasteiger partial charge in [0.25, 0.3) is 0 Å². The summed E-state index contributed by atoms with van der Waals surface area (Å²) in [6.45, 7) is 18.0. The van der Waals surface area contributed by atoms with Gasteiger partial charge in [0.15, 0.2) is 0 Å². The number of anilines is 2. The second-order valence-corrected chi connectivity index (χ2v) is 7.66. The van der Waals surface area contributed by atoms with Gasteiger partial charge in [0.05, 0.1) is 12.4 Å². The molecule has 2 heteroatoms. The van der Waals surface area contributed by atoms with Gasteiger partial charge in [-0.3, -0.25) is 0 Å². The van der Waals surface area contributed by atoms with Gasteiger partial charge in [0.1, 0.15) is 0 Å². The zero-order valence-electron chi connectivity index (χ0n) is 18.6. The van der Waals surface area contributed by atoms with Gasteiger partial charge in [0, 0.05) is 29.0 Å². The number of fused-ring (bicyclic) bond motifs is 2. The Morgan fingerprint density at radius 1 is 0.778 bits per heavy atom. The van der Waals surface area contributed by atoms with Gasteiger partial charge < -0.3 is 9.80 Å². The van der Waals surface area contributed by atoms with Crippen molar-refractivity contribution in [3.63, 3.8) is 0 Å². The molecule has 146 valence electrons. The maximum absolute atomic E-state index is 2.51. The van der Waals surface area contributed by atoms with Crippen LogP contribution >= 0.6 is 0 Å². The van der Waals surface area contributed by atoms with Crippen LogP contribution in [-0.4, -0.2) is 19.3 Å². The van der Waals surface area contributed by atoms with Gasteiger partial charge in [-0.1, -0.05) is 64.1 Å². The van der Waals surface area contributed by atoms with Crippen LogP contribution in [0.4, 0.5) is 11.4 Å². The highest BCUT2D eigenvalue weighted by Gasteiger charge is 2.31. The molecule has 0 aromatic heterocycles. The van der Waals surface area contributed by atoms with E-state index in [2.05, 4.69) is 87.0 Å². The molecule has 0 atom stereocenters. The average molecular weight is 365 g/mol. The molecule has 4 rings (SSSR count). The molecular weight excluding hydrogens is 328 g/mol. The second-order valence-electron chi connectivity index (χ2n) is 7.66. The topological polar surface area (TPSA) is 6.48 Å². The van der Waals surface area contributed by atoms with Crippen molar-refractivity contribution in [1.82, 2.24) is 0 Å². The molecule has 0 aliphatic carbocycles. The molecule has 0 spiro atoms. The van der Waals surface area contributed by atoms with Gasteiger partial charge >= 0.3 is 0 Å². The highest BCUT2D eigenvalue weighted by Crippen LogP contribution is 2.46. The first-order valence-electron chi connectivity index (χ1n) is 10.3. The van der Waals surface area contributed by atoms with Crippen LogP contribution in [0.25, 0.3) is 21.5 Å². The first-order chi connectivity index (χ1) is 12.9. The van der Waals surface area contributed by atoms with E-state index in [1.165, 1.54) is 38.5 Å². The largest absolute Gasteiger partial charge is 0.356 e. The van der Waals surface area contributed by atoms with Crippen molar-refractivity contribution >= 4 is 32.9 Å². The van der Waals surface area contributed by atoms with Crippen LogP contribution in [0.15, 0.2) is 42.5 Å². The smallest absolute Gasteiger partial charge is 0.0905 e. The summed E-state index contributed by atoms with van der Waals surface area (Å²) in [7, 11) is 2.21. The van der Waals surface area contributed by atoms with E-state index in [1.54, 1.807) is 0 Å². The lowest BCUT2D eigenvalue weighted by Gasteiger charge is -2.45. The zero-order chi connectivity index (χ0) is 20.4. The summed E-state index contributed by atoms with van der Waals surface area (Å²) >= 11 is 0. The molecule has 0 fully saturated rings. The lowest BCUT2D eigenvalue weighted by atomic mass is 9.91. The number of rotatable bonds is 0. The van der Waals surface area contributed by atoms with Crippen molar-refractivity contribution in [3.05, 3.63) is 48.0 Å². The van der Waals surface area contributed by atoms with Crippen LogP contribution in [0.1, 0.15) is 54.0 Å².